The van der Waals surface area contributed by atoms with Crippen LogP contribution in [-0.4, -0.2) is 36.4 Å². The van der Waals surface area contributed by atoms with E-state index in [4.69, 9.17) is 9.47 Å². The first kappa shape index (κ1) is 22.2. The third-order valence-electron chi connectivity index (χ3n) is 5.88. The topological polar surface area (TPSA) is 63.4 Å². The summed E-state index contributed by atoms with van der Waals surface area (Å²) in [5.74, 6) is -1.60. The average Bonchev–Trinajstić information content (AvgIpc) is 3.12. The summed E-state index contributed by atoms with van der Waals surface area (Å²) in [5, 5.41) is 3.29. The van der Waals surface area contributed by atoms with Crippen LogP contribution in [0.2, 0.25) is 0 Å². The molecule has 3 aromatic rings. The van der Waals surface area contributed by atoms with Crippen molar-refractivity contribution in [3.8, 4) is 11.3 Å². The lowest BCUT2D eigenvalue weighted by Gasteiger charge is -2.35. The summed E-state index contributed by atoms with van der Waals surface area (Å²) in [6, 6.07) is 9.76. The van der Waals surface area contributed by atoms with Gasteiger partial charge in [-0.15, -0.1) is 0 Å². The largest absolute Gasteiger partial charge is 0.446 e. The molecule has 0 atom stereocenters. The third-order valence-corrected chi connectivity index (χ3v) is 5.88. The minimum Gasteiger partial charge on any atom is -0.446 e. The Morgan fingerprint density at radius 1 is 1.00 bits per heavy atom. The van der Waals surface area contributed by atoms with Crippen molar-refractivity contribution in [3.63, 3.8) is 0 Å². The second kappa shape index (κ2) is 9.65. The van der Waals surface area contributed by atoms with E-state index in [2.05, 4.69) is 10.3 Å². The van der Waals surface area contributed by atoms with Gasteiger partial charge in [-0.25, -0.2) is 18.0 Å². The number of fused-ring (bicyclic) bond motifs is 1. The van der Waals surface area contributed by atoms with Crippen molar-refractivity contribution in [3.05, 3.63) is 59.9 Å². The van der Waals surface area contributed by atoms with E-state index in [9.17, 15) is 18.0 Å². The Kier molecular flexibility index (Phi) is 6.69. The first-order valence-electron chi connectivity index (χ1n) is 10.6. The summed E-state index contributed by atoms with van der Waals surface area (Å²) in [4.78, 5) is 14.1. The molecule has 0 bridgehead atoms. The van der Waals surface area contributed by atoms with Crippen LogP contribution in [0.15, 0.2) is 42.5 Å². The molecule has 1 amide bonds. The summed E-state index contributed by atoms with van der Waals surface area (Å²) in [6.45, 7) is 0. The van der Waals surface area contributed by atoms with Crippen molar-refractivity contribution in [2.45, 2.75) is 50.4 Å². The minimum absolute atomic E-state index is 0.174. The number of benzene rings is 2. The zero-order chi connectivity index (χ0) is 22.7. The van der Waals surface area contributed by atoms with E-state index in [1.807, 2.05) is 0 Å². The maximum Gasteiger partial charge on any atom is 0.407 e. The van der Waals surface area contributed by atoms with Gasteiger partial charge in [-0.1, -0.05) is 0 Å². The zero-order valence-corrected chi connectivity index (χ0v) is 17.7. The van der Waals surface area contributed by atoms with Crippen LogP contribution < -0.4 is 5.32 Å². The molecule has 2 aliphatic rings. The summed E-state index contributed by atoms with van der Waals surface area (Å²) < 4.78 is 49.7. The minimum atomic E-state index is -0.640. The predicted octanol–water partition coefficient (Wildman–Crippen LogP) is 5.69. The van der Waals surface area contributed by atoms with Crippen LogP contribution >= 0.6 is 0 Å². The van der Waals surface area contributed by atoms with Gasteiger partial charge >= 0.3 is 6.09 Å². The van der Waals surface area contributed by atoms with Crippen molar-refractivity contribution < 1.29 is 27.4 Å². The van der Waals surface area contributed by atoms with E-state index < -0.39 is 11.6 Å². The van der Waals surface area contributed by atoms with Gasteiger partial charge in [-0.3, -0.25) is 0 Å². The molecule has 1 heterocycles. The van der Waals surface area contributed by atoms with Crippen LogP contribution in [0.25, 0.3) is 22.2 Å². The molecule has 0 unspecified atom stereocenters. The normalized spacial score (nSPS) is 20.0. The van der Waals surface area contributed by atoms with Crippen molar-refractivity contribution in [2.24, 2.45) is 0 Å². The highest BCUT2D eigenvalue weighted by molar-refractivity contribution is 5.86. The van der Waals surface area contributed by atoms with Crippen molar-refractivity contribution >= 4 is 17.0 Å². The number of aromatic amines is 1. The number of amides is 1. The van der Waals surface area contributed by atoms with Crippen LogP contribution in [0.3, 0.4) is 0 Å². The van der Waals surface area contributed by atoms with Crippen molar-refractivity contribution in [2.75, 3.05) is 7.11 Å². The lowest BCUT2D eigenvalue weighted by molar-refractivity contribution is 0.00817. The molecule has 5 nitrogen and oxygen atoms in total. The Hall–Kier alpha value is -3.00. The Bertz CT molecular complexity index is 1070. The van der Waals surface area contributed by atoms with Gasteiger partial charge in [-0.2, -0.15) is 0 Å². The zero-order valence-electron chi connectivity index (χ0n) is 17.7. The average molecular weight is 446 g/mol. The van der Waals surface area contributed by atoms with Gasteiger partial charge < -0.3 is 19.8 Å². The molecule has 0 saturated heterocycles. The molecule has 2 aliphatic carbocycles. The molecule has 2 N–H and O–H groups in total. The first-order valence-corrected chi connectivity index (χ1v) is 10.6. The number of aromatic nitrogens is 1. The SMILES string of the molecule is COC1CC(NC(=O)OC2CCC2)C1.Fc1ccc(-c2cc3cc(F)cc(F)c3[nH]2)cc1. The lowest BCUT2D eigenvalue weighted by atomic mass is 9.89. The molecule has 2 saturated carbocycles. The van der Waals surface area contributed by atoms with Crippen LogP contribution in [0.4, 0.5) is 18.0 Å². The fourth-order valence-corrected chi connectivity index (χ4v) is 3.67. The molecule has 8 heteroatoms. The monoisotopic (exact) mass is 446 g/mol. The second-order valence-corrected chi connectivity index (χ2v) is 8.17. The Morgan fingerprint density at radius 3 is 2.34 bits per heavy atom. The summed E-state index contributed by atoms with van der Waals surface area (Å²) in [6.07, 6.45) is 5.31. The first-order chi connectivity index (χ1) is 15.4. The summed E-state index contributed by atoms with van der Waals surface area (Å²) >= 11 is 0. The van der Waals surface area contributed by atoms with Crippen LogP contribution in [0.1, 0.15) is 32.1 Å². The maximum atomic E-state index is 13.5. The Morgan fingerprint density at radius 2 is 1.72 bits per heavy atom. The van der Waals surface area contributed by atoms with Gasteiger partial charge in [0.2, 0.25) is 0 Å². The highest BCUT2D eigenvalue weighted by Gasteiger charge is 2.31. The maximum absolute atomic E-state index is 13.5. The molecule has 5 rings (SSSR count). The van der Waals surface area contributed by atoms with Crippen LogP contribution in [-0.2, 0) is 9.47 Å². The van der Waals surface area contributed by atoms with Gasteiger partial charge in [0, 0.05) is 30.3 Å². The van der Waals surface area contributed by atoms with Gasteiger partial charge in [0.05, 0.1) is 11.6 Å². The molecule has 170 valence electrons. The number of hydrogen-bond donors (Lipinski definition) is 2. The molecule has 0 aliphatic heterocycles. The molecule has 1 aromatic heterocycles. The van der Waals surface area contributed by atoms with Crippen LogP contribution in [0.5, 0.6) is 0 Å². The van der Waals surface area contributed by atoms with E-state index in [1.165, 1.54) is 24.6 Å². The standard InChI is InChI=1S/C14H8F3N.C10H17NO3/c15-10-3-1-8(2-4-10)13-6-9-5-11(16)7-12(17)14(9)18-13;1-13-9-5-7(6-9)11-10(12)14-8-3-2-4-8/h1-7,18H;7-9H,2-6H2,1H3,(H,11,12). The van der Waals surface area contributed by atoms with Crippen molar-refractivity contribution in [1.29, 1.82) is 0 Å². The third kappa shape index (κ3) is 5.24. The van der Waals surface area contributed by atoms with E-state index in [-0.39, 0.29) is 29.6 Å². The van der Waals surface area contributed by atoms with E-state index >= 15 is 0 Å². The van der Waals surface area contributed by atoms with Crippen molar-refractivity contribution in [1.82, 2.24) is 10.3 Å². The number of halogens is 3. The number of alkyl carbamates (subject to hydrolysis) is 1. The highest BCUT2D eigenvalue weighted by atomic mass is 19.1. The molecule has 0 radical (unpaired) electrons. The number of H-pyrrole nitrogens is 1. The number of ether oxygens (including phenoxy) is 2. The van der Waals surface area contributed by atoms with E-state index in [0.29, 0.717) is 22.7 Å². The number of nitrogens with one attached hydrogen (secondary N) is 2. The number of rotatable bonds is 4. The summed E-state index contributed by atoms with van der Waals surface area (Å²) in [7, 11) is 1.70. The smallest absolute Gasteiger partial charge is 0.407 e. The van der Waals surface area contributed by atoms with E-state index in [1.54, 1.807) is 25.3 Å². The lowest BCUT2D eigenvalue weighted by Crippen LogP contribution is -2.48. The van der Waals surface area contributed by atoms with Gasteiger partial charge in [-0.05, 0) is 74.1 Å². The quantitative estimate of drug-likeness (QED) is 0.541. The molecular weight excluding hydrogens is 421 g/mol. The fraction of sp³-hybridized carbons (Fsp3) is 0.375. The second-order valence-electron chi connectivity index (χ2n) is 8.17. The van der Waals surface area contributed by atoms with E-state index in [0.717, 1.165) is 31.7 Å². The highest BCUT2D eigenvalue weighted by Crippen LogP contribution is 2.27. The number of carbonyl (C=O) groups is 1. The van der Waals surface area contributed by atoms with Gasteiger partial charge in [0.25, 0.3) is 0 Å². The fourth-order valence-electron chi connectivity index (χ4n) is 3.67. The van der Waals surface area contributed by atoms with Gasteiger partial charge in [0.15, 0.2) is 0 Å². The predicted molar refractivity (Wildman–Crippen MR) is 115 cm³/mol. The number of methoxy groups -OCH3 is 1. The molecule has 0 spiro atoms. The Balaban J connectivity index is 0.000000158. The molecule has 32 heavy (non-hydrogen) atoms. The number of carbonyl (C=O) groups excluding carboxylic acids is 1. The molecular formula is C24H25F3N2O3. The number of hydrogen-bond acceptors (Lipinski definition) is 3. The summed E-state index contributed by atoms with van der Waals surface area (Å²) in [5.41, 5.74) is 1.58. The van der Waals surface area contributed by atoms with Gasteiger partial charge in [0.1, 0.15) is 23.6 Å². The molecule has 2 fully saturated rings. The van der Waals surface area contributed by atoms with Crippen LogP contribution in [0, 0.1) is 17.5 Å². The Labute approximate surface area is 183 Å². The molecule has 2 aromatic carbocycles.